The molecule has 0 spiro atoms. The van der Waals surface area contributed by atoms with Gasteiger partial charge in [0.2, 0.25) is 0 Å². The number of rotatable bonds is 6. The highest BCUT2D eigenvalue weighted by atomic mass is 35.5. The molecule has 0 unspecified atom stereocenters. The predicted molar refractivity (Wildman–Crippen MR) is 115 cm³/mol. The lowest BCUT2D eigenvalue weighted by molar-refractivity contribution is -0.139. The standard InChI is InChI=1S/C20H22Cl2N4O2/c1-12(2)10-23-19(27)20(28)26-24-11-14-8-15(21)5-7-18(14)25-16-6-4-13(3)17(22)9-16/h4-9,11-12,25H,10H2,1-3H3,(H,23,27)(H,26,28)/b24-11-. The van der Waals surface area contributed by atoms with Gasteiger partial charge in [-0.15, -0.1) is 0 Å². The molecule has 148 valence electrons. The summed E-state index contributed by atoms with van der Waals surface area (Å²) in [6.45, 7) is 6.21. The number of carbonyl (C=O) groups excluding carboxylic acids is 2. The van der Waals surface area contributed by atoms with Gasteiger partial charge >= 0.3 is 11.8 Å². The first-order chi connectivity index (χ1) is 13.3. The number of hydrazone groups is 1. The van der Waals surface area contributed by atoms with Crippen LogP contribution in [0.1, 0.15) is 25.0 Å². The average molecular weight is 421 g/mol. The number of halogens is 2. The maximum Gasteiger partial charge on any atom is 0.329 e. The third kappa shape index (κ3) is 6.55. The molecule has 28 heavy (non-hydrogen) atoms. The van der Waals surface area contributed by atoms with Crippen LogP contribution in [-0.2, 0) is 9.59 Å². The van der Waals surface area contributed by atoms with E-state index in [9.17, 15) is 9.59 Å². The van der Waals surface area contributed by atoms with Crippen molar-refractivity contribution >= 4 is 52.6 Å². The number of nitrogens with one attached hydrogen (secondary N) is 3. The summed E-state index contributed by atoms with van der Waals surface area (Å²) in [7, 11) is 0. The van der Waals surface area contributed by atoms with E-state index < -0.39 is 11.8 Å². The van der Waals surface area contributed by atoms with Crippen LogP contribution in [0.4, 0.5) is 11.4 Å². The van der Waals surface area contributed by atoms with Crippen molar-refractivity contribution in [1.29, 1.82) is 0 Å². The van der Waals surface area contributed by atoms with E-state index in [1.807, 2.05) is 39.0 Å². The largest absolute Gasteiger partial charge is 0.355 e. The summed E-state index contributed by atoms with van der Waals surface area (Å²) in [5.41, 5.74) is 5.33. The summed E-state index contributed by atoms with van der Waals surface area (Å²) in [6, 6.07) is 10.8. The van der Waals surface area contributed by atoms with Crippen LogP contribution >= 0.6 is 23.2 Å². The second kappa shape index (κ2) is 10.1. The lowest BCUT2D eigenvalue weighted by atomic mass is 10.1. The first-order valence-corrected chi connectivity index (χ1v) is 9.46. The van der Waals surface area contributed by atoms with Crippen molar-refractivity contribution in [2.45, 2.75) is 20.8 Å². The van der Waals surface area contributed by atoms with Crippen LogP contribution < -0.4 is 16.1 Å². The topological polar surface area (TPSA) is 82.6 Å². The van der Waals surface area contributed by atoms with Crippen LogP contribution in [0.15, 0.2) is 41.5 Å². The second-order valence-corrected chi connectivity index (χ2v) is 7.47. The van der Waals surface area contributed by atoms with Crippen molar-refractivity contribution in [3.05, 3.63) is 57.6 Å². The Morgan fingerprint density at radius 2 is 1.86 bits per heavy atom. The molecule has 0 bridgehead atoms. The van der Waals surface area contributed by atoms with E-state index in [4.69, 9.17) is 23.2 Å². The Hall–Kier alpha value is -2.57. The van der Waals surface area contributed by atoms with Crippen molar-refractivity contribution in [1.82, 2.24) is 10.7 Å². The Morgan fingerprint density at radius 1 is 1.11 bits per heavy atom. The van der Waals surface area contributed by atoms with Gasteiger partial charge in [-0.25, -0.2) is 5.43 Å². The molecule has 0 saturated carbocycles. The molecular formula is C20H22Cl2N4O2. The zero-order chi connectivity index (χ0) is 20.7. The highest BCUT2D eigenvalue weighted by Crippen LogP contribution is 2.26. The molecule has 0 saturated heterocycles. The molecule has 0 aromatic heterocycles. The highest BCUT2D eigenvalue weighted by Gasteiger charge is 2.12. The van der Waals surface area contributed by atoms with Crippen LogP contribution in [0, 0.1) is 12.8 Å². The van der Waals surface area contributed by atoms with Gasteiger partial charge in [-0.05, 0) is 48.7 Å². The van der Waals surface area contributed by atoms with Gasteiger partial charge in [-0.2, -0.15) is 5.10 Å². The van der Waals surface area contributed by atoms with E-state index in [0.29, 0.717) is 27.8 Å². The fourth-order valence-electron chi connectivity index (χ4n) is 2.17. The molecule has 2 amide bonds. The fourth-order valence-corrected chi connectivity index (χ4v) is 2.53. The van der Waals surface area contributed by atoms with Gasteiger partial charge in [0.05, 0.1) is 6.21 Å². The number of hydrogen-bond donors (Lipinski definition) is 3. The number of nitrogens with zero attached hydrogens (tertiary/aromatic N) is 1. The zero-order valence-electron chi connectivity index (χ0n) is 15.8. The van der Waals surface area contributed by atoms with E-state index in [-0.39, 0.29) is 5.92 Å². The number of hydrogen-bond acceptors (Lipinski definition) is 4. The molecule has 2 aromatic rings. The minimum Gasteiger partial charge on any atom is -0.355 e. The predicted octanol–water partition coefficient (Wildman–Crippen LogP) is 4.27. The minimum absolute atomic E-state index is 0.246. The molecule has 0 fully saturated rings. The van der Waals surface area contributed by atoms with E-state index >= 15 is 0 Å². The maximum absolute atomic E-state index is 11.8. The number of benzene rings is 2. The van der Waals surface area contributed by atoms with Gasteiger partial charge in [0, 0.05) is 33.5 Å². The van der Waals surface area contributed by atoms with Crippen molar-refractivity contribution in [3.8, 4) is 0 Å². The monoisotopic (exact) mass is 420 g/mol. The van der Waals surface area contributed by atoms with Crippen LogP contribution in [0.3, 0.4) is 0 Å². The molecule has 0 atom stereocenters. The Balaban J connectivity index is 2.09. The third-order valence-corrected chi connectivity index (χ3v) is 4.35. The number of aryl methyl sites for hydroxylation is 1. The molecule has 0 heterocycles. The lowest BCUT2D eigenvalue weighted by Crippen LogP contribution is -2.39. The Morgan fingerprint density at radius 3 is 2.54 bits per heavy atom. The molecular weight excluding hydrogens is 399 g/mol. The summed E-state index contributed by atoms with van der Waals surface area (Å²) in [5, 5.41) is 10.8. The first-order valence-electron chi connectivity index (χ1n) is 8.70. The van der Waals surface area contributed by atoms with Crippen molar-refractivity contribution < 1.29 is 9.59 Å². The van der Waals surface area contributed by atoms with E-state index in [0.717, 1.165) is 11.3 Å². The highest BCUT2D eigenvalue weighted by molar-refractivity contribution is 6.35. The van der Waals surface area contributed by atoms with E-state index in [1.165, 1.54) is 6.21 Å². The molecule has 3 N–H and O–H groups in total. The third-order valence-electron chi connectivity index (χ3n) is 3.71. The summed E-state index contributed by atoms with van der Waals surface area (Å²) in [5.74, 6) is -1.32. The molecule has 0 aliphatic carbocycles. The zero-order valence-corrected chi connectivity index (χ0v) is 17.4. The number of anilines is 2. The summed E-state index contributed by atoms with van der Waals surface area (Å²) in [6.07, 6.45) is 1.41. The van der Waals surface area contributed by atoms with Crippen LogP contribution in [0.25, 0.3) is 0 Å². The van der Waals surface area contributed by atoms with Crippen LogP contribution in [0.5, 0.6) is 0 Å². The van der Waals surface area contributed by atoms with Crippen molar-refractivity contribution in [2.24, 2.45) is 11.0 Å². The number of amides is 2. The molecule has 2 aromatic carbocycles. The SMILES string of the molecule is Cc1ccc(Nc2ccc(Cl)cc2/C=N\NC(=O)C(=O)NCC(C)C)cc1Cl. The molecule has 0 radical (unpaired) electrons. The Kier molecular flexibility index (Phi) is 7.84. The van der Waals surface area contributed by atoms with Crippen molar-refractivity contribution in [3.63, 3.8) is 0 Å². The fraction of sp³-hybridized carbons (Fsp3) is 0.250. The lowest BCUT2D eigenvalue weighted by Gasteiger charge is -2.11. The second-order valence-electron chi connectivity index (χ2n) is 6.62. The minimum atomic E-state index is -0.834. The summed E-state index contributed by atoms with van der Waals surface area (Å²) in [4.78, 5) is 23.4. The first kappa shape index (κ1) is 21.7. The summed E-state index contributed by atoms with van der Waals surface area (Å²) < 4.78 is 0. The quantitative estimate of drug-likeness (QED) is 0.370. The van der Waals surface area contributed by atoms with E-state index in [1.54, 1.807) is 18.2 Å². The molecule has 0 aliphatic heterocycles. The smallest absolute Gasteiger partial charge is 0.329 e. The van der Waals surface area contributed by atoms with Gasteiger partial charge in [-0.3, -0.25) is 9.59 Å². The molecule has 2 rings (SSSR count). The van der Waals surface area contributed by atoms with Gasteiger partial charge in [0.15, 0.2) is 0 Å². The van der Waals surface area contributed by atoms with Crippen LogP contribution in [0.2, 0.25) is 10.0 Å². The average Bonchev–Trinajstić information content (AvgIpc) is 2.64. The van der Waals surface area contributed by atoms with Gasteiger partial charge in [-0.1, -0.05) is 43.1 Å². The van der Waals surface area contributed by atoms with Gasteiger partial charge in [0.1, 0.15) is 0 Å². The van der Waals surface area contributed by atoms with E-state index in [2.05, 4.69) is 21.2 Å². The van der Waals surface area contributed by atoms with Crippen LogP contribution in [-0.4, -0.2) is 24.6 Å². The normalized spacial score (nSPS) is 10.9. The molecule has 6 nitrogen and oxygen atoms in total. The molecule has 0 aliphatic rings. The number of carbonyl (C=O) groups is 2. The van der Waals surface area contributed by atoms with Gasteiger partial charge < -0.3 is 10.6 Å². The Labute approximate surface area is 174 Å². The maximum atomic E-state index is 11.8. The van der Waals surface area contributed by atoms with Gasteiger partial charge in [0.25, 0.3) is 0 Å². The summed E-state index contributed by atoms with van der Waals surface area (Å²) >= 11 is 12.2. The van der Waals surface area contributed by atoms with Crippen molar-refractivity contribution in [2.75, 3.05) is 11.9 Å². The molecule has 8 heteroatoms. The Bertz CT molecular complexity index is 898.